The van der Waals surface area contributed by atoms with Crippen LogP contribution >= 0.6 is 0 Å². The van der Waals surface area contributed by atoms with Gasteiger partial charge in [-0.05, 0) is 38.7 Å². The number of nitrogens with one attached hydrogen (secondary N) is 1. The van der Waals surface area contributed by atoms with Crippen LogP contribution in [0.3, 0.4) is 0 Å². The van der Waals surface area contributed by atoms with Crippen LogP contribution in [0.2, 0.25) is 0 Å². The number of aliphatic hydroxyl groups excluding tert-OH is 1. The average molecular weight is 420 g/mol. The number of hydrogen-bond donors (Lipinski definition) is 2. The standard InChI is InChI=1S/C20H26F2N6O2/c1-12(11-30-2)25-20-23-9-18-16(14-8-24-27(10-14)19(21)22)7-17(28(18)26-20)13-3-5-15(29)6-4-13/h7-10,12-13,15,19,29H,3-6,11H2,1-2H3,(H,25,26)/t12-,13-,15-/m0/s1. The summed E-state index contributed by atoms with van der Waals surface area (Å²) in [6.07, 6.45) is 7.36. The molecule has 0 saturated heterocycles. The largest absolute Gasteiger partial charge is 0.393 e. The molecule has 0 amide bonds. The first kappa shape index (κ1) is 20.7. The maximum Gasteiger partial charge on any atom is 0.333 e. The predicted octanol–water partition coefficient (Wildman–Crippen LogP) is 3.45. The summed E-state index contributed by atoms with van der Waals surface area (Å²) in [7, 11) is 1.63. The van der Waals surface area contributed by atoms with Gasteiger partial charge in [0.25, 0.3) is 0 Å². The first-order chi connectivity index (χ1) is 14.5. The molecule has 1 atom stereocenters. The average Bonchev–Trinajstić information content (AvgIpc) is 3.34. The summed E-state index contributed by atoms with van der Waals surface area (Å²) in [4.78, 5) is 4.41. The van der Waals surface area contributed by atoms with Crippen molar-refractivity contribution in [2.45, 2.75) is 57.2 Å². The van der Waals surface area contributed by atoms with E-state index in [4.69, 9.17) is 4.74 Å². The molecule has 1 aliphatic carbocycles. The van der Waals surface area contributed by atoms with E-state index in [1.807, 2.05) is 17.5 Å². The molecule has 30 heavy (non-hydrogen) atoms. The Morgan fingerprint density at radius 1 is 1.27 bits per heavy atom. The van der Waals surface area contributed by atoms with Crippen molar-refractivity contribution >= 4 is 11.5 Å². The topological polar surface area (TPSA) is 89.5 Å². The Labute approximate surface area is 172 Å². The molecule has 0 unspecified atom stereocenters. The van der Waals surface area contributed by atoms with Gasteiger partial charge in [-0.2, -0.15) is 13.9 Å². The lowest BCUT2D eigenvalue weighted by Crippen LogP contribution is -2.23. The van der Waals surface area contributed by atoms with E-state index in [2.05, 4.69) is 20.5 Å². The minimum absolute atomic E-state index is 0.0278. The molecule has 3 heterocycles. The second kappa shape index (κ2) is 8.65. The normalized spacial score (nSPS) is 20.7. The summed E-state index contributed by atoms with van der Waals surface area (Å²) in [6, 6.07) is 2.02. The smallest absolute Gasteiger partial charge is 0.333 e. The van der Waals surface area contributed by atoms with E-state index in [1.54, 1.807) is 13.3 Å². The fourth-order valence-electron chi connectivity index (χ4n) is 4.07. The number of nitrogens with zero attached hydrogens (tertiary/aromatic N) is 5. The summed E-state index contributed by atoms with van der Waals surface area (Å²) in [5, 5.41) is 21.5. The molecule has 3 aromatic rings. The van der Waals surface area contributed by atoms with Crippen LogP contribution in [-0.4, -0.2) is 55.3 Å². The van der Waals surface area contributed by atoms with E-state index in [0.29, 0.717) is 22.8 Å². The molecule has 162 valence electrons. The van der Waals surface area contributed by atoms with Gasteiger partial charge in [-0.15, -0.1) is 5.10 Å². The summed E-state index contributed by atoms with van der Waals surface area (Å²) >= 11 is 0. The Bertz CT molecular complexity index is 997. The minimum Gasteiger partial charge on any atom is -0.393 e. The number of fused-ring (bicyclic) bond motifs is 1. The molecular weight excluding hydrogens is 394 g/mol. The van der Waals surface area contributed by atoms with Crippen LogP contribution < -0.4 is 5.32 Å². The van der Waals surface area contributed by atoms with Gasteiger partial charge in [-0.1, -0.05) is 0 Å². The third-order valence-electron chi connectivity index (χ3n) is 5.56. The van der Waals surface area contributed by atoms with Crippen molar-refractivity contribution in [2.24, 2.45) is 0 Å². The molecule has 1 fully saturated rings. The molecule has 0 bridgehead atoms. The van der Waals surface area contributed by atoms with Crippen LogP contribution in [0.5, 0.6) is 0 Å². The van der Waals surface area contributed by atoms with Gasteiger partial charge in [0.1, 0.15) is 0 Å². The highest BCUT2D eigenvalue weighted by Crippen LogP contribution is 2.37. The zero-order chi connectivity index (χ0) is 21.3. The van der Waals surface area contributed by atoms with Crippen molar-refractivity contribution in [1.82, 2.24) is 24.4 Å². The number of ether oxygens (including phenoxy) is 1. The third-order valence-corrected chi connectivity index (χ3v) is 5.56. The number of aromatic nitrogens is 5. The molecule has 8 nitrogen and oxygen atoms in total. The van der Waals surface area contributed by atoms with Gasteiger partial charge in [0, 0.05) is 42.1 Å². The fraction of sp³-hybridized carbons (Fsp3) is 0.550. The lowest BCUT2D eigenvalue weighted by Gasteiger charge is -2.25. The summed E-state index contributed by atoms with van der Waals surface area (Å²) in [5.74, 6) is 0.688. The highest BCUT2D eigenvalue weighted by Gasteiger charge is 2.26. The maximum absolute atomic E-state index is 13.0. The molecule has 1 aliphatic rings. The second-order valence-electron chi connectivity index (χ2n) is 7.85. The summed E-state index contributed by atoms with van der Waals surface area (Å²) < 4.78 is 33.7. The van der Waals surface area contributed by atoms with Crippen LogP contribution in [0.25, 0.3) is 16.6 Å². The van der Waals surface area contributed by atoms with Crippen LogP contribution in [0.1, 0.15) is 50.8 Å². The van der Waals surface area contributed by atoms with E-state index >= 15 is 0 Å². The van der Waals surface area contributed by atoms with E-state index in [9.17, 15) is 13.9 Å². The van der Waals surface area contributed by atoms with Crippen molar-refractivity contribution in [2.75, 3.05) is 19.0 Å². The highest BCUT2D eigenvalue weighted by atomic mass is 19.3. The Balaban J connectivity index is 1.76. The van der Waals surface area contributed by atoms with Crippen molar-refractivity contribution in [3.05, 3.63) is 30.4 Å². The number of hydrogen-bond acceptors (Lipinski definition) is 6. The van der Waals surface area contributed by atoms with Crippen molar-refractivity contribution in [1.29, 1.82) is 0 Å². The maximum atomic E-state index is 13.0. The molecule has 0 aliphatic heterocycles. The Morgan fingerprint density at radius 2 is 2.03 bits per heavy atom. The van der Waals surface area contributed by atoms with Gasteiger partial charge < -0.3 is 15.2 Å². The third kappa shape index (κ3) is 4.15. The Kier molecular flexibility index (Phi) is 5.96. The quantitative estimate of drug-likeness (QED) is 0.609. The fourth-order valence-corrected chi connectivity index (χ4v) is 4.07. The first-order valence-corrected chi connectivity index (χ1v) is 10.1. The van der Waals surface area contributed by atoms with Gasteiger partial charge in [-0.25, -0.2) is 14.2 Å². The second-order valence-corrected chi connectivity index (χ2v) is 7.85. The number of alkyl halides is 2. The molecule has 10 heteroatoms. The lowest BCUT2D eigenvalue weighted by molar-refractivity contribution is 0.0566. The molecule has 1 saturated carbocycles. The van der Waals surface area contributed by atoms with Crippen LogP contribution in [0, 0.1) is 0 Å². The van der Waals surface area contributed by atoms with Crippen molar-refractivity contribution in [3.63, 3.8) is 0 Å². The van der Waals surface area contributed by atoms with Gasteiger partial charge in [0.2, 0.25) is 5.95 Å². The zero-order valence-electron chi connectivity index (χ0n) is 17.0. The number of rotatable bonds is 7. The summed E-state index contributed by atoms with van der Waals surface area (Å²) in [5.41, 5.74) is 3.07. The van der Waals surface area contributed by atoms with E-state index in [0.717, 1.165) is 42.5 Å². The lowest BCUT2D eigenvalue weighted by atomic mass is 9.85. The van der Waals surface area contributed by atoms with Crippen LogP contribution in [0.4, 0.5) is 14.7 Å². The van der Waals surface area contributed by atoms with E-state index < -0.39 is 6.55 Å². The number of anilines is 1. The summed E-state index contributed by atoms with van der Waals surface area (Å²) in [6.45, 7) is -0.208. The van der Waals surface area contributed by atoms with Gasteiger partial charge >= 0.3 is 6.55 Å². The van der Waals surface area contributed by atoms with Crippen molar-refractivity contribution < 1.29 is 18.6 Å². The number of aliphatic hydroxyl groups is 1. The zero-order valence-corrected chi connectivity index (χ0v) is 17.0. The van der Waals surface area contributed by atoms with E-state index in [1.165, 1.54) is 12.4 Å². The molecule has 4 rings (SSSR count). The van der Waals surface area contributed by atoms with Crippen LogP contribution in [-0.2, 0) is 4.74 Å². The number of halogens is 2. The highest BCUT2D eigenvalue weighted by molar-refractivity contribution is 5.81. The molecule has 2 N–H and O–H groups in total. The molecule has 0 aromatic carbocycles. The molecule has 3 aromatic heterocycles. The van der Waals surface area contributed by atoms with Crippen molar-refractivity contribution in [3.8, 4) is 11.1 Å². The SMILES string of the molecule is COC[C@H](C)Nc1ncc2c(-c3cnn(C(F)F)c3)cc([C@H]3CC[C@H](O)CC3)n2n1. The first-order valence-electron chi connectivity index (χ1n) is 10.1. The molecular formula is C20H26F2N6O2. The van der Waals surface area contributed by atoms with E-state index in [-0.39, 0.29) is 18.1 Å². The minimum atomic E-state index is -2.69. The van der Waals surface area contributed by atoms with Gasteiger partial charge in [0.15, 0.2) is 0 Å². The molecule has 0 radical (unpaired) electrons. The predicted molar refractivity (Wildman–Crippen MR) is 108 cm³/mol. The Hall–Kier alpha value is -2.59. The monoisotopic (exact) mass is 420 g/mol. The van der Waals surface area contributed by atoms with Gasteiger partial charge in [0.05, 0.1) is 30.6 Å². The van der Waals surface area contributed by atoms with Gasteiger partial charge in [-0.3, -0.25) is 0 Å². The number of methoxy groups -OCH3 is 1. The van der Waals surface area contributed by atoms with Crippen LogP contribution in [0.15, 0.2) is 24.7 Å². The molecule has 0 spiro atoms. The Morgan fingerprint density at radius 3 is 2.70 bits per heavy atom.